The highest BCUT2D eigenvalue weighted by atomic mass is 16.7. The van der Waals surface area contributed by atoms with Gasteiger partial charge in [-0.2, -0.15) is 0 Å². The first kappa shape index (κ1) is 14.6. The highest BCUT2D eigenvalue weighted by Gasteiger charge is 2.03. The van der Waals surface area contributed by atoms with Crippen LogP contribution in [0.15, 0.2) is 48.5 Å². The minimum atomic E-state index is 0.246. The second-order valence-corrected chi connectivity index (χ2v) is 4.75. The van der Waals surface area contributed by atoms with Crippen molar-refractivity contribution in [3.63, 3.8) is 0 Å². The van der Waals surface area contributed by atoms with Crippen molar-refractivity contribution < 1.29 is 9.47 Å². The third-order valence-electron chi connectivity index (χ3n) is 3.04. The van der Waals surface area contributed by atoms with Crippen LogP contribution in [0, 0.1) is 6.92 Å². The second kappa shape index (κ2) is 7.68. The zero-order valence-electron chi connectivity index (χ0n) is 11.8. The Morgan fingerprint density at radius 2 is 1.85 bits per heavy atom. The molecule has 2 N–H and O–H groups in total. The maximum absolute atomic E-state index is 5.69. The van der Waals surface area contributed by atoms with E-state index in [-0.39, 0.29) is 6.79 Å². The molecule has 2 aromatic rings. The second-order valence-electron chi connectivity index (χ2n) is 4.75. The van der Waals surface area contributed by atoms with Gasteiger partial charge in [-0.05, 0) is 37.1 Å². The Balaban J connectivity index is 1.84. The molecular weight excluding hydrogens is 250 g/mol. The minimum absolute atomic E-state index is 0.246. The third-order valence-corrected chi connectivity index (χ3v) is 3.04. The number of ether oxygens (including phenoxy) is 2. The summed E-state index contributed by atoms with van der Waals surface area (Å²) in [5, 5.41) is 0. The first-order valence-electron chi connectivity index (χ1n) is 6.83. The van der Waals surface area contributed by atoms with E-state index in [1.54, 1.807) is 0 Å². The molecule has 0 saturated heterocycles. The fourth-order valence-electron chi connectivity index (χ4n) is 2.04. The van der Waals surface area contributed by atoms with E-state index >= 15 is 0 Å². The van der Waals surface area contributed by atoms with E-state index in [1.807, 2.05) is 42.5 Å². The van der Waals surface area contributed by atoms with Gasteiger partial charge in [-0.15, -0.1) is 0 Å². The van der Waals surface area contributed by atoms with E-state index < -0.39 is 0 Å². The molecule has 0 spiro atoms. The Labute approximate surface area is 120 Å². The Morgan fingerprint density at radius 3 is 2.60 bits per heavy atom. The number of benzene rings is 2. The Hall–Kier alpha value is -1.84. The van der Waals surface area contributed by atoms with E-state index in [0.717, 1.165) is 23.3 Å². The molecule has 0 aromatic heterocycles. The third kappa shape index (κ3) is 4.37. The SMILES string of the molecule is Cc1ccc(OCOCc2ccccc2)c(CCN)c1. The minimum Gasteiger partial charge on any atom is -0.467 e. The van der Waals surface area contributed by atoms with Crippen LogP contribution in [-0.2, 0) is 17.8 Å². The Morgan fingerprint density at radius 1 is 1.05 bits per heavy atom. The molecule has 0 heterocycles. The molecule has 3 nitrogen and oxygen atoms in total. The summed E-state index contributed by atoms with van der Waals surface area (Å²) in [6, 6.07) is 16.2. The van der Waals surface area contributed by atoms with Crippen molar-refractivity contribution in [2.45, 2.75) is 20.0 Å². The van der Waals surface area contributed by atoms with Gasteiger partial charge in [-0.25, -0.2) is 0 Å². The average molecular weight is 271 g/mol. The molecule has 0 aliphatic heterocycles. The van der Waals surface area contributed by atoms with E-state index in [4.69, 9.17) is 15.2 Å². The summed E-state index contributed by atoms with van der Waals surface area (Å²) >= 11 is 0. The van der Waals surface area contributed by atoms with Crippen LogP contribution >= 0.6 is 0 Å². The summed E-state index contributed by atoms with van der Waals surface area (Å²) in [6.45, 7) is 3.48. The standard InChI is InChI=1S/C17H21NO2/c1-14-7-8-17(16(11-14)9-10-18)20-13-19-12-15-5-3-2-4-6-15/h2-8,11H,9-10,12-13,18H2,1H3. The molecule has 0 saturated carbocycles. The van der Waals surface area contributed by atoms with Gasteiger partial charge in [-0.1, -0.05) is 48.0 Å². The molecule has 0 bridgehead atoms. The fraction of sp³-hybridized carbons (Fsp3) is 0.294. The highest BCUT2D eigenvalue weighted by molar-refractivity contribution is 5.37. The molecule has 0 aliphatic rings. The fourth-order valence-corrected chi connectivity index (χ4v) is 2.04. The maximum atomic E-state index is 5.69. The van der Waals surface area contributed by atoms with Gasteiger partial charge in [0.1, 0.15) is 5.75 Å². The first-order valence-corrected chi connectivity index (χ1v) is 6.83. The molecule has 0 unspecified atom stereocenters. The number of rotatable bonds is 7. The first-order chi connectivity index (χ1) is 9.79. The quantitative estimate of drug-likeness (QED) is 0.622. The van der Waals surface area contributed by atoms with Gasteiger partial charge in [-0.3, -0.25) is 0 Å². The van der Waals surface area contributed by atoms with Gasteiger partial charge >= 0.3 is 0 Å². The largest absolute Gasteiger partial charge is 0.467 e. The number of nitrogens with two attached hydrogens (primary N) is 1. The van der Waals surface area contributed by atoms with Crippen molar-refractivity contribution in [3.05, 3.63) is 65.2 Å². The van der Waals surface area contributed by atoms with Crippen LogP contribution in [0.5, 0.6) is 5.75 Å². The molecule has 0 radical (unpaired) electrons. The van der Waals surface area contributed by atoms with E-state index in [0.29, 0.717) is 13.2 Å². The number of hydrogen-bond donors (Lipinski definition) is 1. The summed E-state index contributed by atoms with van der Waals surface area (Å²) < 4.78 is 11.2. The summed E-state index contributed by atoms with van der Waals surface area (Å²) in [5.41, 5.74) is 9.11. The average Bonchev–Trinajstić information content (AvgIpc) is 2.47. The lowest BCUT2D eigenvalue weighted by molar-refractivity contribution is 0.00454. The molecule has 0 fully saturated rings. The van der Waals surface area contributed by atoms with E-state index in [2.05, 4.69) is 13.0 Å². The van der Waals surface area contributed by atoms with E-state index in [9.17, 15) is 0 Å². The molecule has 0 aliphatic carbocycles. The summed E-state index contributed by atoms with van der Waals surface area (Å²) in [4.78, 5) is 0. The monoisotopic (exact) mass is 271 g/mol. The van der Waals surface area contributed by atoms with Crippen LogP contribution < -0.4 is 10.5 Å². The van der Waals surface area contributed by atoms with Crippen LogP contribution in [0.25, 0.3) is 0 Å². The van der Waals surface area contributed by atoms with Crippen molar-refractivity contribution in [1.82, 2.24) is 0 Å². The summed E-state index contributed by atoms with van der Waals surface area (Å²) in [5.74, 6) is 0.856. The number of hydrogen-bond acceptors (Lipinski definition) is 3. The van der Waals surface area contributed by atoms with Gasteiger partial charge in [0, 0.05) is 0 Å². The molecule has 0 atom stereocenters. The topological polar surface area (TPSA) is 44.5 Å². The van der Waals surface area contributed by atoms with Gasteiger partial charge < -0.3 is 15.2 Å². The predicted molar refractivity (Wildman–Crippen MR) is 80.7 cm³/mol. The van der Waals surface area contributed by atoms with Crippen molar-refractivity contribution in [3.8, 4) is 5.75 Å². The predicted octanol–water partition coefficient (Wildman–Crippen LogP) is 3.05. The molecule has 2 rings (SSSR count). The van der Waals surface area contributed by atoms with Crippen molar-refractivity contribution in [2.75, 3.05) is 13.3 Å². The van der Waals surface area contributed by atoms with Crippen LogP contribution in [0.2, 0.25) is 0 Å². The Kier molecular flexibility index (Phi) is 5.59. The van der Waals surface area contributed by atoms with Crippen molar-refractivity contribution in [1.29, 1.82) is 0 Å². The molecule has 20 heavy (non-hydrogen) atoms. The van der Waals surface area contributed by atoms with Crippen molar-refractivity contribution in [2.24, 2.45) is 5.73 Å². The molecular formula is C17H21NO2. The lowest BCUT2D eigenvalue weighted by Crippen LogP contribution is -2.08. The van der Waals surface area contributed by atoms with Crippen LogP contribution in [-0.4, -0.2) is 13.3 Å². The smallest absolute Gasteiger partial charge is 0.189 e. The summed E-state index contributed by atoms with van der Waals surface area (Å²) in [7, 11) is 0. The van der Waals surface area contributed by atoms with Crippen molar-refractivity contribution >= 4 is 0 Å². The van der Waals surface area contributed by atoms with Crippen LogP contribution in [0.1, 0.15) is 16.7 Å². The number of aryl methyl sites for hydroxylation is 1. The highest BCUT2D eigenvalue weighted by Crippen LogP contribution is 2.20. The van der Waals surface area contributed by atoms with Crippen LogP contribution in [0.4, 0.5) is 0 Å². The molecule has 3 heteroatoms. The van der Waals surface area contributed by atoms with Gasteiger partial charge in [0.15, 0.2) is 6.79 Å². The van der Waals surface area contributed by atoms with Gasteiger partial charge in [0.25, 0.3) is 0 Å². The lowest BCUT2D eigenvalue weighted by Gasteiger charge is -2.12. The Bertz CT molecular complexity index is 526. The molecule has 106 valence electrons. The zero-order valence-corrected chi connectivity index (χ0v) is 11.8. The van der Waals surface area contributed by atoms with Gasteiger partial charge in [0.05, 0.1) is 6.61 Å². The van der Waals surface area contributed by atoms with Crippen LogP contribution in [0.3, 0.4) is 0 Å². The summed E-state index contributed by atoms with van der Waals surface area (Å²) in [6.07, 6.45) is 0.815. The lowest BCUT2D eigenvalue weighted by atomic mass is 10.1. The zero-order chi connectivity index (χ0) is 14.2. The maximum Gasteiger partial charge on any atom is 0.189 e. The van der Waals surface area contributed by atoms with E-state index in [1.165, 1.54) is 5.56 Å². The normalized spacial score (nSPS) is 10.5. The molecule has 2 aromatic carbocycles. The van der Waals surface area contributed by atoms with Gasteiger partial charge in [0.2, 0.25) is 0 Å². The molecule has 0 amide bonds.